The number of hydrogen-bond donors (Lipinski definition) is 1. The summed E-state index contributed by atoms with van der Waals surface area (Å²) in [5.41, 5.74) is 7.02. The summed E-state index contributed by atoms with van der Waals surface area (Å²) in [4.78, 5) is 5.25. The molecule has 1 saturated carbocycles. The molecule has 0 amide bonds. The lowest BCUT2D eigenvalue weighted by Gasteiger charge is -2.52. The molecule has 3 nitrogen and oxygen atoms in total. The standard InChI is InChI=1S/C15H31N3/c1-4-17-9-11-18(12-10-17)15(13-16)7-5-14(2,3)6-8-15/h4-13,16H2,1-3H3. The van der Waals surface area contributed by atoms with E-state index in [0.717, 1.165) is 6.54 Å². The van der Waals surface area contributed by atoms with Gasteiger partial charge in [-0.1, -0.05) is 20.8 Å². The molecule has 2 aliphatic rings. The fraction of sp³-hybridized carbons (Fsp3) is 1.00. The Morgan fingerprint density at radius 3 is 1.94 bits per heavy atom. The number of piperazine rings is 1. The molecule has 3 heteroatoms. The zero-order chi connectivity index (χ0) is 13.2. The van der Waals surface area contributed by atoms with Crippen molar-refractivity contribution in [1.82, 2.24) is 9.80 Å². The zero-order valence-electron chi connectivity index (χ0n) is 12.5. The van der Waals surface area contributed by atoms with Gasteiger partial charge in [0.25, 0.3) is 0 Å². The molecule has 0 aromatic rings. The average Bonchev–Trinajstić information content (AvgIpc) is 2.40. The van der Waals surface area contributed by atoms with Crippen LogP contribution in [0.2, 0.25) is 0 Å². The van der Waals surface area contributed by atoms with Gasteiger partial charge < -0.3 is 10.6 Å². The largest absolute Gasteiger partial charge is 0.329 e. The predicted octanol–water partition coefficient (Wildman–Crippen LogP) is 1.92. The van der Waals surface area contributed by atoms with Crippen LogP contribution in [0.5, 0.6) is 0 Å². The van der Waals surface area contributed by atoms with Gasteiger partial charge >= 0.3 is 0 Å². The monoisotopic (exact) mass is 253 g/mol. The van der Waals surface area contributed by atoms with Gasteiger partial charge in [0.1, 0.15) is 0 Å². The second-order valence-corrected chi connectivity index (χ2v) is 7.01. The summed E-state index contributed by atoms with van der Waals surface area (Å²) in [5.74, 6) is 0. The summed E-state index contributed by atoms with van der Waals surface area (Å²) in [5, 5.41) is 0. The molecule has 0 spiro atoms. The topological polar surface area (TPSA) is 32.5 Å². The summed E-state index contributed by atoms with van der Waals surface area (Å²) in [6.45, 7) is 14.0. The van der Waals surface area contributed by atoms with Gasteiger partial charge in [-0.25, -0.2) is 0 Å². The molecule has 1 heterocycles. The van der Waals surface area contributed by atoms with Crippen molar-refractivity contribution in [1.29, 1.82) is 0 Å². The molecular weight excluding hydrogens is 222 g/mol. The van der Waals surface area contributed by atoms with Crippen molar-refractivity contribution in [2.24, 2.45) is 11.1 Å². The molecule has 0 bridgehead atoms. The number of nitrogens with two attached hydrogens (primary N) is 1. The van der Waals surface area contributed by atoms with Crippen molar-refractivity contribution >= 4 is 0 Å². The highest BCUT2D eigenvalue weighted by Crippen LogP contribution is 2.42. The van der Waals surface area contributed by atoms with E-state index in [9.17, 15) is 0 Å². The van der Waals surface area contributed by atoms with E-state index in [2.05, 4.69) is 30.6 Å². The molecule has 2 fully saturated rings. The first kappa shape index (κ1) is 14.3. The van der Waals surface area contributed by atoms with Crippen LogP contribution in [0.3, 0.4) is 0 Å². The average molecular weight is 253 g/mol. The second kappa shape index (κ2) is 5.48. The maximum Gasteiger partial charge on any atom is 0.0333 e. The molecule has 18 heavy (non-hydrogen) atoms. The number of likely N-dealkylation sites (N-methyl/N-ethyl adjacent to an activating group) is 1. The van der Waals surface area contributed by atoms with E-state index in [4.69, 9.17) is 5.73 Å². The molecule has 0 radical (unpaired) electrons. The van der Waals surface area contributed by atoms with Crippen molar-refractivity contribution in [2.45, 2.75) is 52.0 Å². The molecule has 1 aliphatic heterocycles. The van der Waals surface area contributed by atoms with Crippen LogP contribution < -0.4 is 5.73 Å². The van der Waals surface area contributed by atoms with Gasteiger partial charge in [0.2, 0.25) is 0 Å². The summed E-state index contributed by atoms with van der Waals surface area (Å²) in [7, 11) is 0. The molecule has 0 aromatic carbocycles. The third kappa shape index (κ3) is 2.89. The Morgan fingerprint density at radius 1 is 0.944 bits per heavy atom. The molecule has 0 unspecified atom stereocenters. The minimum Gasteiger partial charge on any atom is -0.329 e. The lowest BCUT2D eigenvalue weighted by molar-refractivity contribution is -0.00784. The molecule has 1 saturated heterocycles. The van der Waals surface area contributed by atoms with Gasteiger partial charge in [0, 0.05) is 38.3 Å². The lowest BCUT2D eigenvalue weighted by atomic mass is 9.68. The summed E-state index contributed by atoms with van der Waals surface area (Å²) >= 11 is 0. The summed E-state index contributed by atoms with van der Waals surface area (Å²) in [6.07, 6.45) is 5.25. The zero-order valence-corrected chi connectivity index (χ0v) is 12.5. The first-order valence-electron chi connectivity index (χ1n) is 7.69. The van der Waals surface area contributed by atoms with Crippen LogP contribution >= 0.6 is 0 Å². The van der Waals surface area contributed by atoms with Crippen LogP contribution in [-0.4, -0.2) is 54.6 Å². The Kier molecular flexibility index (Phi) is 4.35. The minimum atomic E-state index is 0.315. The number of hydrogen-bond acceptors (Lipinski definition) is 3. The van der Waals surface area contributed by atoms with Crippen molar-refractivity contribution in [2.75, 3.05) is 39.3 Å². The van der Waals surface area contributed by atoms with Crippen molar-refractivity contribution in [3.8, 4) is 0 Å². The Bertz CT molecular complexity index is 257. The third-order valence-corrected chi connectivity index (χ3v) is 5.40. The van der Waals surface area contributed by atoms with Gasteiger partial charge in [-0.2, -0.15) is 0 Å². The Labute approximate surface area is 113 Å². The predicted molar refractivity (Wildman–Crippen MR) is 77.7 cm³/mol. The lowest BCUT2D eigenvalue weighted by Crippen LogP contribution is -2.61. The fourth-order valence-corrected chi connectivity index (χ4v) is 3.58. The Morgan fingerprint density at radius 2 is 1.50 bits per heavy atom. The maximum atomic E-state index is 6.17. The highest BCUT2D eigenvalue weighted by atomic mass is 15.3. The normalized spacial score (nSPS) is 29.3. The van der Waals surface area contributed by atoms with E-state index in [1.165, 1.54) is 58.4 Å². The van der Waals surface area contributed by atoms with Crippen LogP contribution in [0, 0.1) is 5.41 Å². The van der Waals surface area contributed by atoms with Gasteiger partial charge in [-0.15, -0.1) is 0 Å². The molecule has 0 atom stereocenters. The van der Waals surface area contributed by atoms with Gasteiger partial charge in [-0.3, -0.25) is 4.90 Å². The van der Waals surface area contributed by atoms with Crippen molar-refractivity contribution in [3.05, 3.63) is 0 Å². The van der Waals surface area contributed by atoms with Crippen LogP contribution in [0.15, 0.2) is 0 Å². The fourth-order valence-electron chi connectivity index (χ4n) is 3.58. The first-order valence-corrected chi connectivity index (χ1v) is 7.69. The molecule has 2 N–H and O–H groups in total. The minimum absolute atomic E-state index is 0.315. The molecule has 2 rings (SSSR count). The number of nitrogens with zero attached hydrogens (tertiary/aromatic N) is 2. The SMILES string of the molecule is CCN1CCN(C2(CN)CCC(C)(C)CC2)CC1. The smallest absolute Gasteiger partial charge is 0.0333 e. The highest BCUT2D eigenvalue weighted by molar-refractivity contribution is 4.99. The second-order valence-electron chi connectivity index (χ2n) is 7.01. The van der Waals surface area contributed by atoms with E-state index in [1.54, 1.807) is 0 Å². The Hall–Kier alpha value is -0.120. The molecule has 1 aliphatic carbocycles. The summed E-state index contributed by atoms with van der Waals surface area (Å²) in [6, 6.07) is 0. The van der Waals surface area contributed by atoms with E-state index < -0.39 is 0 Å². The third-order valence-electron chi connectivity index (χ3n) is 5.40. The summed E-state index contributed by atoms with van der Waals surface area (Å²) < 4.78 is 0. The van der Waals surface area contributed by atoms with Gasteiger partial charge in [0.15, 0.2) is 0 Å². The van der Waals surface area contributed by atoms with E-state index >= 15 is 0 Å². The van der Waals surface area contributed by atoms with Crippen LogP contribution in [0.25, 0.3) is 0 Å². The van der Waals surface area contributed by atoms with Gasteiger partial charge in [0.05, 0.1) is 0 Å². The quantitative estimate of drug-likeness (QED) is 0.834. The van der Waals surface area contributed by atoms with Crippen LogP contribution in [0.4, 0.5) is 0 Å². The van der Waals surface area contributed by atoms with Gasteiger partial charge in [-0.05, 0) is 37.6 Å². The van der Waals surface area contributed by atoms with E-state index in [-0.39, 0.29) is 0 Å². The molecule has 106 valence electrons. The first-order chi connectivity index (χ1) is 8.51. The molecule has 0 aromatic heterocycles. The molecular formula is C15H31N3. The van der Waals surface area contributed by atoms with E-state index in [0.29, 0.717) is 11.0 Å². The van der Waals surface area contributed by atoms with Crippen LogP contribution in [-0.2, 0) is 0 Å². The highest BCUT2D eigenvalue weighted by Gasteiger charge is 2.42. The van der Waals surface area contributed by atoms with Crippen molar-refractivity contribution < 1.29 is 0 Å². The van der Waals surface area contributed by atoms with Crippen LogP contribution in [0.1, 0.15) is 46.5 Å². The van der Waals surface area contributed by atoms with Crippen molar-refractivity contribution in [3.63, 3.8) is 0 Å². The maximum absolute atomic E-state index is 6.17. The number of rotatable bonds is 3. The van der Waals surface area contributed by atoms with E-state index in [1.807, 2.05) is 0 Å². The Balaban J connectivity index is 1.97.